The van der Waals surface area contributed by atoms with Gasteiger partial charge in [0.05, 0.1) is 22.0 Å². The number of anilines is 9. The molecule has 0 unspecified atom stereocenters. The molecule has 5 heteroatoms. The van der Waals surface area contributed by atoms with Crippen molar-refractivity contribution in [2.45, 2.75) is 5.41 Å². The predicted molar refractivity (Wildman–Crippen MR) is 378 cm³/mol. The monoisotopic (exact) mass is 1140 g/mol. The van der Waals surface area contributed by atoms with Crippen LogP contribution >= 0.6 is 0 Å². The summed E-state index contributed by atoms with van der Waals surface area (Å²) in [5.74, 6) is 0. The van der Waals surface area contributed by atoms with E-state index < -0.39 is 5.41 Å². The summed E-state index contributed by atoms with van der Waals surface area (Å²) in [6.45, 7) is -0.173. The minimum Gasteiger partial charge on any atom is -0.311 e. The normalized spacial score (nSPS) is 13.4. The van der Waals surface area contributed by atoms with E-state index in [9.17, 15) is 0 Å². The van der Waals surface area contributed by atoms with Crippen molar-refractivity contribution in [3.63, 3.8) is 0 Å². The van der Waals surface area contributed by atoms with Gasteiger partial charge in [-0.2, -0.15) is 0 Å². The van der Waals surface area contributed by atoms with E-state index in [1.54, 1.807) is 0 Å². The summed E-state index contributed by atoms with van der Waals surface area (Å²) in [6, 6.07) is 125. The van der Waals surface area contributed by atoms with Gasteiger partial charge in [0.2, 0.25) is 0 Å². The summed E-state index contributed by atoms with van der Waals surface area (Å²) in [5.41, 5.74) is 29.0. The van der Waals surface area contributed by atoms with Crippen LogP contribution in [-0.2, 0) is 5.41 Å². The lowest BCUT2D eigenvalue weighted by atomic mass is 9.33. The zero-order chi connectivity index (χ0) is 59.0. The molecular formula is C85H55BN4. The lowest BCUT2D eigenvalue weighted by Gasteiger charge is -2.45. The van der Waals surface area contributed by atoms with E-state index in [4.69, 9.17) is 0 Å². The first kappa shape index (κ1) is 50.5. The van der Waals surface area contributed by atoms with Crippen molar-refractivity contribution in [1.82, 2.24) is 4.40 Å². The molecule has 3 aliphatic rings. The van der Waals surface area contributed by atoms with Gasteiger partial charge in [0.25, 0.3) is 6.71 Å². The van der Waals surface area contributed by atoms with E-state index >= 15 is 0 Å². The highest BCUT2D eigenvalue weighted by atomic mass is 15.2. The predicted octanol–water partition coefficient (Wildman–Crippen LogP) is 20.1. The van der Waals surface area contributed by atoms with Crippen LogP contribution < -0.4 is 31.1 Å². The molecule has 0 fully saturated rings. The molecule has 0 amide bonds. The van der Waals surface area contributed by atoms with Gasteiger partial charge in [0, 0.05) is 72.7 Å². The molecule has 90 heavy (non-hydrogen) atoms. The summed E-state index contributed by atoms with van der Waals surface area (Å²) in [6.07, 6.45) is 0. The Balaban J connectivity index is 0.936. The fourth-order valence-electron chi connectivity index (χ4n) is 16.0. The van der Waals surface area contributed by atoms with Crippen LogP contribution in [0.4, 0.5) is 51.2 Å². The number of benzene rings is 14. The van der Waals surface area contributed by atoms with Gasteiger partial charge in [-0.15, -0.1) is 0 Å². The summed E-state index contributed by atoms with van der Waals surface area (Å²) in [5, 5.41) is 5.06. The van der Waals surface area contributed by atoms with E-state index in [2.05, 4.69) is 353 Å². The quantitative estimate of drug-likeness (QED) is 0.134. The smallest absolute Gasteiger partial charge is 0.252 e. The van der Waals surface area contributed by atoms with Gasteiger partial charge in [0.1, 0.15) is 0 Å². The molecule has 1 aliphatic carbocycles. The molecule has 0 saturated heterocycles. The number of hydrogen-bond acceptors (Lipinski definition) is 3. The van der Waals surface area contributed by atoms with Crippen molar-refractivity contribution in [1.29, 1.82) is 0 Å². The Morgan fingerprint density at radius 2 is 0.778 bits per heavy atom. The second-order valence-corrected chi connectivity index (χ2v) is 24.3. The summed E-state index contributed by atoms with van der Waals surface area (Å²) in [7, 11) is 0. The number of fused-ring (bicyclic) bond motifs is 13. The minimum atomic E-state index is -0.723. The number of para-hydroxylation sites is 5. The van der Waals surface area contributed by atoms with Gasteiger partial charge in [0.15, 0.2) is 0 Å². The highest BCUT2D eigenvalue weighted by Crippen LogP contribution is 2.59. The minimum absolute atomic E-state index is 0.173. The molecule has 16 aromatic rings. The van der Waals surface area contributed by atoms with Crippen LogP contribution in [0.25, 0.3) is 71.5 Å². The molecule has 19 rings (SSSR count). The van der Waals surface area contributed by atoms with Gasteiger partial charge < -0.3 is 19.1 Å². The van der Waals surface area contributed by atoms with Crippen LogP contribution in [0.5, 0.6) is 0 Å². The number of rotatable bonds is 9. The van der Waals surface area contributed by atoms with Crippen molar-refractivity contribution in [3.05, 3.63) is 356 Å². The maximum atomic E-state index is 2.62. The molecule has 4 nitrogen and oxygen atoms in total. The molecule has 0 radical (unpaired) electrons. The zero-order valence-electron chi connectivity index (χ0n) is 49.1. The fraction of sp³-hybridized carbons (Fsp3) is 0.0118. The van der Waals surface area contributed by atoms with Crippen LogP contribution in [0.2, 0.25) is 0 Å². The van der Waals surface area contributed by atoms with Crippen LogP contribution in [0.1, 0.15) is 22.3 Å². The molecule has 418 valence electrons. The molecule has 4 heterocycles. The third-order valence-corrected chi connectivity index (χ3v) is 19.7. The molecule has 0 atom stereocenters. The Labute approximate surface area is 523 Å². The van der Waals surface area contributed by atoms with Crippen LogP contribution in [0.3, 0.4) is 0 Å². The standard InChI is InChI=1S/C85H55BN4/c1-8-26-56(27-9-1)58-48-59(57-28-10-2-11-29-57)50-66(49-58)89-79-45-25-44-78-83(79)86(76-53-72-70-42-24-41-69-68-40-22-23-43-77(68)90(84(69)70)80(72)55-82(76)89)75-52-71-67-47-46-65(87(62-34-16-5-17-35-62)63-36-18-6-19-37-63)51-73(67)85(60-30-12-3-13-31-60,61-32-14-4-15-33-61)74(71)54-81(75)88(78)64-38-20-7-21-39-64/h1-55H. The second kappa shape index (κ2) is 19.7. The lowest BCUT2D eigenvalue weighted by Crippen LogP contribution is -2.61. The van der Waals surface area contributed by atoms with E-state index in [1.165, 1.54) is 116 Å². The van der Waals surface area contributed by atoms with E-state index in [0.717, 1.165) is 45.3 Å². The molecule has 2 aliphatic heterocycles. The molecule has 0 N–H and O–H groups in total. The summed E-state index contributed by atoms with van der Waals surface area (Å²) >= 11 is 0. The topological polar surface area (TPSA) is 14.1 Å². The molecular weight excluding hydrogens is 1090 g/mol. The van der Waals surface area contributed by atoms with E-state index in [0.29, 0.717) is 0 Å². The molecule has 0 spiro atoms. The molecule has 0 saturated carbocycles. The van der Waals surface area contributed by atoms with Crippen LogP contribution in [-0.4, -0.2) is 11.1 Å². The third-order valence-electron chi connectivity index (χ3n) is 19.7. The van der Waals surface area contributed by atoms with Gasteiger partial charge in [-0.1, -0.05) is 237 Å². The van der Waals surface area contributed by atoms with Crippen molar-refractivity contribution in [2.75, 3.05) is 14.7 Å². The summed E-state index contributed by atoms with van der Waals surface area (Å²) in [4.78, 5) is 7.60. The van der Waals surface area contributed by atoms with Crippen molar-refractivity contribution >= 4 is 112 Å². The zero-order valence-corrected chi connectivity index (χ0v) is 49.1. The number of hydrogen-bond donors (Lipinski definition) is 0. The van der Waals surface area contributed by atoms with Crippen LogP contribution in [0.15, 0.2) is 334 Å². The number of aromatic nitrogens is 1. The average Bonchev–Trinajstić information content (AvgIpc) is 0.950. The largest absolute Gasteiger partial charge is 0.311 e. The molecule has 0 bridgehead atoms. The Kier molecular flexibility index (Phi) is 11.0. The SMILES string of the molecule is c1ccc(-c2cc(-c3ccccc3)cc(N3c4cc5c(cc4B4c6cc7c(cc6N(c6ccccc6)c6cccc3c64)C(c3ccccc3)(c3ccccc3)c3cc(N(c4ccccc4)c4ccccc4)ccc3-7)c3cccc4c6ccccc6n5c43)c2)cc1. The first-order valence-electron chi connectivity index (χ1n) is 31.3. The maximum Gasteiger partial charge on any atom is 0.252 e. The Bertz CT molecular complexity index is 5350. The van der Waals surface area contributed by atoms with E-state index in [-0.39, 0.29) is 6.71 Å². The summed E-state index contributed by atoms with van der Waals surface area (Å²) < 4.78 is 2.54. The Morgan fingerprint density at radius 3 is 1.40 bits per heavy atom. The van der Waals surface area contributed by atoms with Gasteiger partial charge in [-0.05, 0) is 169 Å². The highest BCUT2D eigenvalue weighted by molar-refractivity contribution is 7.00. The molecule has 2 aromatic heterocycles. The first-order chi connectivity index (χ1) is 44.7. The fourth-order valence-corrected chi connectivity index (χ4v) is 16.0. The lowest BCUT2D eigenvalue weighted by molar-refractivity contribution is 0.768. The Hall–Kier alpha value is -11.7. The van der Waals surface area contributed by atoms with Crippen molar-refractivity contribution in [3.8, 4) is 33.4 Å². The highest BCUT2D eigenvalue weighted by Gasteiger charge is 2.50. The molecule has 14 aromatic carbocycles. The number of nitrogens with zero attached hydrogens (tertiary/aromatic N) is 4. The third kappa shape index (κ3) is 7.26. The first-order valence-corrected chi connectivity index (χ1v) is 31.3. The van der Waals surface area contributed by atoms with Crippen molar-refractivity contribution < 1.29 is 0 Å². The van der Waals surface area contributed by atoms with Crippen molar-refractivity contribution in [2.24, 2.45) is 0 Å². The Morgan fingerprint density at radius 1 is 0.289 bits per heavy atom. The van der Waals surface area contributed by atoms with Gasteiger partial charge in [-0.25, -0.2) is 0 Å². The maximum absolute atomic E-state index is 2.62. The van der Waals surface area contributed by atoms with Gasteiger partial charge in [-0.3, -0.25) is 0 Å². The average molecular weight is 1140 g/mol. The van der Waals surface area contributed by atoms with E-state index in [1.807, 2.05) is 0 Å². The second-order valence-electron chi connectivity index (χ2n) is 24.3. The van der Waals surface area contributed by atoms with Gasteiger partial charge >= 0.3 is 0 Å². The van der Waals surface area contributed by atoms with Crippen LogP contribution in [0, 0.1) is 0 Å².